The van der Waals surface area contributed by atoms with Gasteiger partial charge in [0.15, 0.2) is 0 Å². The summed E-state index contributed by atoms with van der Waals surface area (Å²) < 4.78 is 27.1. The predicted molar refractivity (Wildman–Crippen MR) is 68.1 cm³/mol. The summed E-state index contributed by atoms with van der Waals surface area (Å²) >= 11 is 5.59. The molecule has 1 N–H and O–H groups in total. The summed E-state index contributed by atoms with van der Waals surface area (Å²) in [6, 6.07) is 1.84. The monoisotopic (exact) mass is 300 g/mol. The lowest BCUT2D eigenvalue weighted by Gasteiger charge is -2.08. The van der Waals surface area contributed by atoms with E-state index in [9.17, 15) is 18.9 Å². The van der Waals surface area contributed by atoms with Gasteiger partial charge < -0.3 is 5.32 Å². The number of nitrogens with one attached hydrogen (secondary N) is 1. The first kappa shape index (κ1) is 14.1. The van der Waals surface area contributed by atoms with E-state index in [0.717, 1.165) is 18.5 Å². The summed E-state index contributed by atoms with van der Waals surface area (Å²) in [7, 11) is 0. The molecule has 1 heterocycles. The van der Waals surface area contributed by atoms with Crippen molar-refractivity contribution >= 4 is 28.8 Å². The van der Waals surface area contributed by atoms with Gasteiger partial charge in [-0.05, 0) is 18.6 Å². The van der Waals surface area contributed by atoms with Crippen LogP contribution >= 0.6 is 11.6 Å². The van der Waals surface area contributed by atoms with Crippen LogP contribution in [-0.4, -0.2) is 14.9 Å². The quantitative estimate of drug-likeness (QED) is 0.534. The second-order valence-electron chi connectivity index (χ2n) is 3.83. The van der Waals surface area contributed by atoms with Gasteiger partial charge in [0.05, 0.1) is 10.6 Å². The minimum Gasteiger partial charge on any atom is -0.332 e. The molecule has 0 unspecified atom stereocenters. The van der Waals surface area contributed by atoms with E-state index in [1.165, 1.54) is 6.92 Å². The Kier molecular flexibility index (Phi) is 3.75. The van der Waals surface area contributed by atoms with Crippen LogP contribution in [0.15, 0.2) is 18.5 Å². The van der Waals surface area contributed by atoms with Crippen LogP contribution in [0.1, 0.15) is 5.56 Å². The lowest BCUT2D eigenvalue weighted by Crippen LogP contribution is -2.03. The Bertz CT molecular complexity index is 696. The van der Waals surface area contributed by atoms with E-state index < -0.39 is 27.4 Å². The molecule has 0 aliphatic heterocycles. The van der Waals surface area contributed by atoms with Crippen LogP contribution in [0.2, 0.25) is 5.15 Å². The zero-order chi connectivity index (χ0) is 14.9. The van der Waals surface area contributed by atoms with E-state index in [-0.39, 0.29) is 17.1 Å². The minimum atomic E-state index is -0.812. The van der Waals surface area contributed by atoms with E-state index in [1.807, 2.05) is 0 Å². The molecule has 0 atom stereocenters. The van der Waals surface area contributed by atoms with Crippen molar-refractivity contribution in [2.45, 2.75) is 6.92 Å². The lowest BCUT2D eigenvalue weighted by molar-refractivity contribution is -0.384. The number of nitrogens with zero attached hydrogens (tertiary/aromatic N) is 3. The van der Waals surface area contributed by atoms with Gasteiger partial charge in [-0.3, -0.25) is 10.1 Å². The number of benzene rings is 1. The van der Waals surface area contributed by atoms with Gasteiger partial charge in [0.1, 0.15) is 18.0 Å². The molecule has 0 fully saturated rings. The van der Waals surface area contributed by atoms with Gasteiger partial charge in [0, 0.05) is 6.07 Å². The fourth-order valence-corrected chi connectivity index (χ4v) is 1.68. The molecule has 1 aromatic carbocycles. The molecule has 0 saturated heterocycles. The second kappa shape index (κ2) is 5.33. The largest absolute Gasteiger partial charge is 0.348 e. The zero-order valence-electron chi connectivity index (χ0n) is 10.0. The van der Waals surface area contributed by atoms with Crippen LogP contribution in [0, 0.1) is 28.7 Å². The smallest absolute Gasteiger partial charge is 0.332 e. The highest BCUT2D eigenvalue weighted by Crippen LogP contribution is 2.31. The van der Waals surface area contributed by atoms with Crippen molar-refractivity contribution < 1.29 is 13.7 Å². The number of aryl methyl sites for hydroxylation is 1. The molecule has 2 rings (SSSR count). The summed E-state index contributed by atoms with van der Waals surface area (Å²) in [5.74, 6) is -1.75. The van der Waals surface area contributed by atoms with E-state index >= 15 is 0 Å². The molecule has 0 bridgehead atoms. The number of nitro groups is 1. The number of rotatable bonds is 3. The van der Waals surface area contributed by atoms with Crippen molar-refractivity contribution in [1.29, 1.82) is 0 Å². The van der Waals surface area contributed by atoms with Gasteiger partial charge in [-0.1, -0.05) is 11.6 Å². The second-order valence-corrected chi connectivity index (χ2v) is 4.18. The molecule has 2 aromatic rings. The molecular weight excluding hydrogens is 294 g/mol. The van der Waals surface area contributed by atoms with E-state index in [2.05, 4.69) is 15.3 Å². The molecule has 0 radical (unpaired) electrons. The summed E-state index contributed by atoms with van der Waals surface area (Å²) in [5.41, 5.74) is -0.788. The van der Waals surface area contributed by atoms with Gasteiger partial charge in [0.2, 0.25) is 11.0 Å². The Hall–Kier alpha value is -2.35. The topological polar surface area (TPSA) is 81.0 Å². The Balaban J connectivity index is 2.48. The highest BCUT2D eigenvalue weighted by molar-refractivity contribution is 6.31. The highest BCUT2D eigenvalue weighted by atomic mass is 35.5. The van der Waals surface area contributed by atoms with Crippen LogP contribution in [0.4, 0.5) is 26.0 Å². The van der Waals surface area contributed by atoms with Gasteiger partial charge in [-0.2, -0.15) is 0 Å². The fraction of sp³-hybridized carbons (Fsp3) is 0.0909. The van der Waals surface area contributed by atoms with Gasteiger partial charge in [0.25, 0.3) is 0 Å². The van der Waals surface area contributed by atoms with E-state index in [0.29, 0.717) is 0 Å². The van der Waals surface area contributed by atoms with Crippen LogP contribution in [0.5, 0.6) is 0 Å². The van der Waals surface area contributed by atoms with Crippen LogP contribution in [0.25, 0.3) is 0 Å². The Morgan fingerprint density at radius 1 is 1.30 bits per heavy atom. The molecular formula is C11H7ClF2N4O2. The molecule has 9 heteroatoms. The maximum absolute atomic E-state index is 13.7. The molecule has 0 amide bonds. The fourth-order valence-electron chi connectivity index (χ4n) is 1.48. The highest BCUT2D eigenvalue weighted by Gasteiger charge is 2.22. The first-order chi connectivity index (χ1) is 9.40. The molecule has 0 spiro atoms. The number of anilines is 2. The number of hydrogen-bond donors (Lipinski definition) is 1. The zero-order valence-corrected chi connectivity index (χ0v) is 10.8. The molecule has 0 aliphatic rings. The standard InChI is InChI=1S/C11H7ClF2N4O2/c1-5-2-7(14)8(3-6(5)13)17-11-9(18(19)20)10(12)15-4-16-11/h2-4H,1H3,(H,15,16,17). The number of hydrogen-bond acceptors (Lipinski definition) is 5. The predicted octanol–water partition coefficient (Wildman–Crippen LogP) is 3.37. The molecule has 1 aromatic heterocycles. The van der Waals surface area contributed by atoms with Gasteiger partial charge in [-0.25, -0.2) is 18.7 Å². The van der Waals surface area contributed by atoms with E-state index in [1.54, 1.807) is 0 Å². The SMILES string of the molecule is Cc1cc(F)c(Nc2ncnc(Cl)c2[N+](=O)[O-])cc1F. The third kappa shape index (κ3) is 2.64. The van der Waals surface area contributed by atoms with Crippen molar-refractivity contribution in [1.82, 2.24) is 9.97 Å². The van der Waals surface area contributed by atoms with Gasteiger partial charge >= 0.3 is 5.69 Å². The average molecular weight is 301 g/mol. The third-order valence-corrected chi connectivity index (χ3v) is 2.74. The summed E-state index contributed by atoms with van der Waals surface area (Å²) in [6.07, 6.45) is 0.972. The summed E-state index contributed by atoms with van der Waals surface area (Å²) in [6.45, 7) is 1.40. The van der Waals surface area contributed by atoms with Crippen molar-refractivity contribution in [3.05, 3.63) is 50.9 Å². The Morgan fingerprint density at radius 2 is 2.00 bits per heavy atom. The first-order valence-corrected chi connectivity index (χ1v) is 5.65. The van der Waals surface area contributed by atoms with Crippen molar-refractivity contribution in [2.24, 2.45) is 0 Å². The molecule has 0 aliphatic carbocycles. The van der Waals surface area contributed by atoms with Crippen molar-refractivity contribution in [3.63, 3.8) is 0 Å². The van der Waals surface area contributed by atoms with Gasteiger partial charge in [-0.15, -0.1) is 0 Å². The Morgan fingerprint density at radius 3 is 2.65 bits per heavy atom. The first-order valence-electron chi connectivity index (χ1n) is 5.27. The molecule has 20 heavy (non-hydrogen) atoms. The maximum Gasteiger partial charge on any atom is 0.348 e. The summed E-state index contributed by atoms with van der Waals surface area (Å²) in [5, 5.41) is 12.8. The van der Waals surface area contributed by atoms with Crippen molar-refractivity contribution in [2.75, 3.05) is 5.32 Å². The van der Waals surface area contributed by atoms with E-state index in [4.69, 9.17) is 11.6 Å². The lowest BCUT2D eigenvalue weighted by atomic mass is 10.2. The third-order valence-electron chi connectivity index (χ3n) is 2.46. The number of halogens is 3. The van der Waals surface area contributed by atoms with Crippen LogP contribution in [-0.2, 0) is 0 Å². The molecule has 6 nitrogen and oxygen atoms in total. The van der Waals surface area contributed by atoms with Crippen molar-refractivity contribution in [3.8, 4) is 0 Å². The Labute approximate surface area is 116 Å². The maximum atomic E-state index is 13.7. The van der Waals surface area contributed by atoms with Crippen LogP contribution in [0.3, 0.4) is 0 Å². The molecule has 104 valence electrons. The summed E-state index contributed by atoms with van der Waals surface area (Å²) in [4.78, 5) is 17.1. The molecule has 0 saturated carbocycles. The minimum absolute atomic E-state index is 0.114. The average Bonchev–Trinajstić information content (AvgIpc) is 2.35. The number of aromatic nitrogens is 2. The normalized spacial score (nSPS) is 10.4. The van der Waals surface area contributed by atoms with Crippen LogP contribution < -0.4 is 5.32 Å².